The van der Waals surface area contributed by atoms with Gasteiger partial charge in [0.25, 0.3) is 0 Å². The molecular weight excluding hydrogens is 381 g/mol. The maximum absolute atomic E-state index is 13.9. The summed E-state index contributed by atoms with van der Waals surface area (Å²) in [6, 6.07) is 22.0. The van der Waals surface area contributed by atoms with Gasteiger partial charge in [-0.2, -0.15) is 5.26 Å². The van der Waals surface area contributed by atoms with Gasteiger partial charge in [0.2, 0.25) is 0 Å². The van der Waals surface area contributed by atoms with Gasteiger partial charge in [-0.25, -0.2) is 9.18 Å². The number of hydrogen-bond donors (Lipinski definition) is 0. The van der Waals surface area contributed by atoms with E-state index < -0.39 is 11.8 Å². The molecule has 3 rings (SSSR count). The van der Waals surface area contributed by atoms with Crippen LogP contribution in [0.1, 0.15) is 16.7 Å². The summed E-state index contributed by atoms with van der Waals surface area (Å²) in [5.41, 5.74) is 1.93. The Morgan fingerprint density at radius 2 is 1.73 bits per heavy atom. The Bertz CT molecular complexity index is 1140. The number of nitriles is 1. The molecule has 0 saturated heterocycles. The third-order valence-corrected chi connectivity index (χ3v) is 4.20. The topological polar surface area (TPSA) is 59.3 Å². The fourth-order valence-corrected chi connectivity index (χ4v) is 2.71. The Morgan fingerprint density at radius 3 is 2.43 bits per heavy atom. The monoisotopic (exact) mass is 399 g/mol. The van der Waals surface area contributed by atoms with Gasteiger partial charge in [0.05, 0.1) is 18.8 Å². The summed E-state index contributed by atoms with van der Waals surface area (Å²) in [7, 11) is 1.58. The molecule has 148 valence electrons. The van der Waals surface area contributed by atoms with Gasteiger partial charge in [0, 0.05) is 11.6 Å². The molecule has 0 aliphatic heterocycles. The van der Waals surface area contributed by atoms with E-state index in [1.165, 1.54) is 12.1 Å². The van der Waals surface area contributed by atoms with E-state index >= 15 is 0 Å². The lowest BCUT2D eigenvalue weighted by atomic mass is 10.0. The highest BCUT2D eigenvalue weighted by molar-refractivity contribution is 5.90. The fourth-order valence-electron chi connectivity index (χ4n) is 2.71. The normalized spacial score (nSPS) is 11.2. The number of benzene rings is 3. The smallest absolute Gasteiger partial charge is 0.336 e. The van der Waals surface area contributed by atoms with Crippen LogP contribution in [0.25, 0.3) is 17.7 Å². The lowest BCUT2D eigenvalue weighted by Crippen LogP contribution is -2.03. The van der Waals surface area contributed by atoms with E-state index in [1.807, 2.05) is 24.3 Å². The van der Waals surface area contributed by atoms with E-state index in [2.05, 4.69) is 0 Å². The Hall–Kier alpha value is -4.17. The third-order valence-electron chi connectivity index (χ3n) is 4.20. The minimum absolute atomic E-state index is 0.207. The van der Waals surface area contributed by atoms with Crippen LogP contribution in [0.2, 0.25) is 0 Å². The first kappa shape index (κ1) is 20.6. The zero-order valence-electron chi connectivity index (χ0n) is 16.2. The first-order valence-corrected chi connectivity index (χ1v) is 9.10. The van der Waals surface area contributed by atoms with Crippen LogP contribution in [0, 0.1) is 17.1 Å². The third kappa shape index (κ3) is 5.43. The van der Waals surface area contributed by atoms with Crippen LogP contribution in [-0.4, -0.2) is 13.1 Å². The van der Waals surface area contributed by atoms with Crippen molar-refractivity contribution in [1.82, 2.24) is 0 Å². The second-order valence-electron chi connectivity index (χ2n) is 6.25. The summed E-state index contributed by atoms with van der Waals surface area (Å²) < 4.78 is 24.3. The van der Waals surface area contributed by atoms with Crippen molar-refractivity contribution in [2.45, 2.75) is 0 Å². The second kappa shape index (κ2) is 9.85. The lowest BCUT2D eigenvalue weighted by molar-refractivity contribution is -0.128. The Balaban J connectivity index is 1.68. The maximum Gasteiger partial charge on any atom is 0.336 e. The number of carbonyl (C=O) groups is 1. The molecule has 0 spiro atoms. The molecular formula is C25H18FNO3. The van der Waals surface area contributed by atoms with E-state index in [-0.39, 0.29) is 11.1 Å². The van der Waals surface area contributed by atoms with E-state index in [1.54, 1.807) is 67.8 Å². The molecule has 3 aromatic carbocycles. The summed E-state index contributed by atoms with van der Waals surface area (Å²) in [5.74, 6) is 0.0713. The van der Waals surface area contributed by atoms with Crippen molar-refractivity contribution in [2.24, 2.45) is 0 Å². The standard InChI is InChI=1S/C25H18FNO3/c1-29-22-6-4-5-18(16-22)11-14-25(28)30-21-12-9-19(10-13-21)15-20(17-27)23-7-2-3-8-24(23)26/h2-16H,1H3/b14-11+,20-15-. The van der Waals surface area contributed by atoms with Crippen molar-refractivity contribution < 1.29 is 18.7 Å². The summed E-state index contributed by atoms with van der Waals surface area (Å²) >= 11 is 0. The van der Waals surface area contributed by atoms with Crippen LogP contribution >= 0.6 is 0 Å². The molecule has 0 atom stereocenters. The van der Waals surface area contributed by atoms with Gasteiger partial charge in [0.1, 0.15) is 17.3 Å². The van der Waals surface area contributed by atoms with Crippen LogP contribution in [-0.2, 0) is 4.79 Å². The highest BCUT2D eigenvalue weighted by atomic mass is 19.1. The van der Waals surface area contributed by atoms with Crippen LogP contribution in [0.15, 0.2) is 78.9 Å². The number of hydrogen-bond acceptors (Lipinski definition) is 4. The van der Waals surface area contributed by atoms with Crippen LogP contribution in [0.5, 0.6) is 11.5 Å². The average Bonchev–Trinajstić information content (AvgIpc) is 2.78. The van der Waals surface area contributed by atoms with Crippen LogP contribution < -0.4 is 9.47 Å². The molecule has 0 radical (unpaired) electrons. The molecule has 0 saturated carbocycles. The number of rotatable bonds is 6. The molecule has 5 heteroatoms. The minimum Gasteiger partial charge on any atom is -0.497 e. The number of halogens is 1. The van der Waals surface area contributed by atoms with Gasteiger partial charge < -0.3 is 9.47 Å². The predicted molar refractivity (Wildman–Crippen MR) is 114 cm³/mol. The molecule has 0 bridgehead atoms. The van der Waals surface area contributed by atoms with Gasteiger partial charge in [-0.15, -0.1) is 0 Å². The fraction of sp³-hybridized carbons (Fsp3) is 0.0400. The van der Waals surface area contributed by atoms with Gasteiger partial charge >= 0.3 is 5.97 Å². The van der Waals surface area contributed by atoms with Crippen molar-refractivity contribution in [1.29, 1.82) is 5.26 Å². The number of methoxy groups -OCH3 is 1. The average molecular weight is 399 g/mol. The van der Waals surface area contributed by atoms with Crippen molar-refractivity contribution >= 4 is 23.7 Å². The number of carbonyl (C=O) groups excluding carboxylic acids is 1. The summed E-state index contributed by atoms with van der Waals surface area (Å²) in [4.78, 5) is 12.0. The molecule has 4 nitrogen and oxygen atoms in total. The Labute approximate surface area is 174 Å². The highest BCUT2D eigenvalue weighted by Crippen LogP contribution is 2.22. The Morgan fingerprint density at radius 1 is 0.967 bits per heavy atom. The van der Waals surface area contributed by atoms with Crippen molar-refractivity contribution in [3.63, 3.8) is 0 Å². The zero-order valence-corrected chi connectivity index (χ0v) is 16.2. The first-order chi connectivity index (χ1) is 14.6. The Kier molecular flexibility index (Phi) is 6.75. The maximum atomic E-state index is 13.9. The number of nitrogens with zero attached hydrogens (tertiary/aromatic N) is 1. The molecule has 0 heterocycles. The van der Waals surface area contributed by atoms with E-state index in [4.69, 9.17) is 9.47 Å². The molecule has 0 unspecified atom stereocenters. The minimum atomic E-state index is -0.523. The number of allylic oxidation sites excluding steroid dienone is 1. The largest absolute Gasteiger partial charge is 0.497 e. The highest BCUT2D eigenvalue weighted by Gasteiger charge is 2.07. The molecule has 0 fully saturated rings. The van der Waals surface area contributed by atoms with Crippen molar-refractivity contribution in [3.05, 3.63) is 101 Å². The summed E-state index contributed by atoms with van der Waals surface area (Å²) in [6.07, 6.45) is 4.54. The van der Waals surface area contributed by atoms with Crippen LogP contribution in [0.4, 0.5) is 4.39 Å². The molecule has 0 N–H and O–H groups in total. The zero-order chi connectivity index (χ0) is 21.3. The van der Waals surface area contributed by atoms with Gasteiger partial charge in [-0.1, -0.05) is 42.5 Å². The quantitative estimate of drug-likeness (QED) is 0.180. The van der Waals surface area contributed by atoms with Gasteiger partial charge in [-0.05, 0) is 53.6 Å². The van der Waals surface area contributed by atoms with Crippen molar-refractivity contribution in [3.8, 4) is 17.6 Å². The summed E-state index contributed by atoms with van der Waals surface area (Å²) in [5, 5.41) is 9.35. The molecule has 30 heavy (non-hydrogen) atoms. The second-order valence-corrected chi connectivity index (χ2v) is 6.25. The number of ether oxygens (including phenoxy) is 2. The molecule has 0 amide bonds. The molecule has 0 aliphatic carbocycles. The first-order valence-electron chi connectivity index (χ1n) is 9.10. The lowest BCUT2D eigenvalue weighted by Gasteiger charge is -2.04. The summed E-state index contributed by atoms with van der Waals surface area (Å²) in [6.45, 7) is 0. The molecule has 0 aromatic heterocycles. The molecule has 3 aromatic rings. The van der Waals surface area contributed by atoms with Gasteiger partial charge in [0.15, 0.2) is 0 Å². The van der Waals surface area contributed by atoms with Crippen LogP contribution in [0.3, 0.4) is 0 Å². The van der Waals surface area contributed by atoms with E-state index in [9.17, 15) is 14.4 Å². The van der Waals surface area contributed by atoms with Gasteiger partial charge in [-0.3, -0.25) is 0 Å². The van der Waals surface area contributed by atoms with Crippen molar-refractivity contribution in [2.75, 3.05) is 7.11 Å². The van der Waals surface area contributed by atoms with E-state index in [0.29, 0.717) is 17.1 Å². The molecule has 0 aliphatic rings. The predicted octanol–water partition coefficient (Wildman–Crippen LogP) is 5.52. The SMILES string of the molecule is COc1cccc(/C=C/C(=O)Oc2ccc(/C=C(/C#N)c3ccccc3F)cc2)c1. The number of esters is 1. The van der Waals surface area contributed by atoms with E-state index in [0.717, 1.165) is 5.56 Å².